The van der Waals surface area contributed by atoms with E-state index in [0.717, 1.165) is 12.8 Å². The fourth-order valence-electron chi connectivity index (χ4n) is 6.27. The molecule has 1 saturated carbocycles. The lowest BCUT2D eigenvalue weighted by Crippen LogP contribution is -2.24. The van der Waals surface area contributed by atoms with Gasteiger partial charge in [0, 0.05) is 30.7 Å². The molecule has 0 spiro atoms. The lowest BCUT2D eigenvalue weighted by atomic mass is 9.92. The zero-order chi connectivity index (χ0) is 35.6. The molecule has 16 heteroatoms. The molecule has 0 saturated heterocycles. The fourth-order valence-corrected chi connectivity index (χ4v) is 7.58. The van der Waals surface area contributed by atoms with Crippen LogP contribution in [0.5, 0.6) is 0 Å². The van der Waals surface area contributed by atoms with E-state index in [0.29, 0.717) is 41.4 Å². The van der Waals surface area contributed by atoms with E-state index >= 15 is 0 Å². The second-order valence-electron chi connectivity index (χ2n) is 12.1. The number of benzene rings is 2. The van der Waals surface area contributed by atoms with Crippen molar-refractivity contribution in [2.45, 2.75) is 75.9 Å². The molecular weight excluding hydrogens is 662 g/mol. The molecular formula is C33H39F3N7O5P. The third-order valence-electron chi connectivity index (χ3n) is 9.22. The average Bonchev–Trinajstić information content (AvgIpc) is 3.56. The molecule has 2 heterocycles. The number of alkyl halides is 3. The number of aromatic nitrogens is 4. The van der Waals surface area contributed by atoms with Crippen molar-refractivity contribution >= 4 is 36.6 Å². The van der Waals surface area contributed by atoms with E-state index in [1.807, 2.05) is 10.9 Å². The van der Waals surface area contributed by atoms with E-state index in [-0.39, 0.29) is 42.2 Å². The molecule has 0 atom stereocenters. The smallest absolute Gasteiger partial charge is 0.393 e. The molecule has 5 rings (SSSR count). The first-order chi connectivity index (χ1) is 23.2. The minimum Gasteiger partial charge on any atom is -0.393 e. The Morgan fingerprint density at radius 3 is 2.24 bits per heavy atom. The molecule has 1 amide bonds. The summed E-state index contributed by atoms with van der Waals surface area (Å²) in [6, 6.07) is 11.1. The molecule has 0 radical (unpaired) electrons. The quantitative estimate of drug-likeness (QED) is 0.0906. The minimum atomic E-state index is -4.83. The van der Waals surface area contributed by atoms with E-state index in [9.17, 15) is 37.4 Å². The van der Waals surface area contributed by atoms with Gasteiger partial charge in [-0.05, 0) is 73.9 Å². The molecule has 0 bridgehead atoms. The summed E-state index contributed by atoms with van der Waals surface area (Å²) in [7, 11) is -3.10. The fraction of sp³-hybridized carbons (Fsp3) is 0.394. The Kier molecular flexibility index (Phi) is 10.5. The molecule has 1 aliphatic rings. The number of aliphatic hydroxyl groups excluding tert-OH is 1. The number of halogens is 3. The number of nitrogens with zero attached hydrogens (tertiary/aromatic N) is 4. The third kappa shape index (κ3) is 7.64. The van der Waals surface area contributed by atoms with E-state index in [4.69, 9.17) is 0 Å². The number of carbonyl (C=O) groups excluding carboxylic acids is 1. The van der Waals surface area contributed by atoms with Crippen LogP contribution in [0.1, 0.15) is 79.9 Å². The number of aliphatic hydroxyl groups is 1. The van der Waals surface area contributed by atoms with Crippen LogP contribution in [-0.2, 0) is 15.9 Å². The minimum absolute atomic E-state index is 0.0733. The van der Waals surface area contributed by atoms with Gasteiger partial charge in [-0.25, -0.2) is 4.98 Å². The van der Waals surface area contributed by atoms with Gasteiger partial charge in [0.25, 0.3) is 5.91 Å². The Bertz CT molecular complexity index is 1830. The number of rotatable bonds is 11. The van der Waals surface area contributed by atoms with E-state index < -0.39 is 36.2 Å². The Morgan fingerprint density at radius 2 is 1.65 bits per heavy atom. The number of anilines is 4. The van der Waals surface area contributed by atoms with Gasteiger partial charge in [-0.3, -0.25) is 14.0 Å². The lowest BCUT2D eigenvalue weighted by molar-refractivity contribution is -0.137. The summed E-state index contributed by atoms with van der Waals surface area (Å²) >= 11 is 0. The Morgan fingerprint density at radius 1 is 0.980 bits per heavy atom. The first-order valence-electron chi connectivity index (χ1n) is 15.9. The van der Waals surface area contributed by atoms with Gasteiger partial charge in [0.15, 0.2) is 0 Å². The molecule has 1 aliphatic carbocycles. The third-order valence-corrected chi connectivity index (χ3v) is 11.2. The van der Waals surface area contributed by atoms with Crippen molar-refractivity contribution < 1.29 is 37.4 Å². The first-order valence-corrected chi connectivity index (χ1v) is 17.5. The zero-order valence-electron chi connectivity index (χ0n) is 27.2. The van der Waals surface area contributed by atoms with Crippen LogP contribution in [0, 0.1) is 0 Å². The van der Waals surface area contributed by atoms with Crippen LogP contribution in [0.4, 0.5) is 36.3 Å². The van der Waals surface area contributed by atoms with Gasteiger partial charge < -0.3 is 30.8 Å². The molecule has 6 N–H and O–H groups in total. The van der Waals surface area contributed by atoms with Gasteiger partial charge in [0.1, 0.15) is 11.4 Å². The maximum Gasteiger partial charge on any atom is 0.421 e. The molecule has 2 aromatic heterocycles. The van der Waals surface area contributed by atoms with Crippen molar-refractivity contribution in [1.29, 1.82) is 0 Å². The monoisotopic (exact) mass is 701 g/mol. The van der Waals surface area contributed by atoms with Crippen LogP contribution >= 0.6 is 7.60 Å². The van der Waals surface area contributed by atoms with Gasteiger partial charge in [0.05, 0.1) is 34.7 Å². The first kappa shape index (κ1) is 36.0. The van der Waals surface area contributed by atoms with Crippen molar-refractivity contribution in [3.63, 3.8) is 0 Å². The van der Waals surface area contributed by atoms with Crippen LogP contribution < -0.4 is 16.0 Å². The van der Waals surface area contributed by atoms with Crippen molar-refractivity contribution in [3.05, 3.63) is 77.7 Å². The van der Waals surface area contributed by atoms with Gasteiger partial charge in [-0.2, -0.15) is 23.3 Å². The molecule has 12 nitrogen and oxygen atoms in total. The molecule has 0 aliphatic heterocycles. The molecule has 0 unspecified atom stereocenters. The lowest BCUT2D eigenvalue weighted by Gasteiger charge is -2.33. The summed E-state index contributed by atoms with van der Waals surface area (Å²) in [5, 5.41) is 21.0. The highest BCUT2D eigenvalue weighted by atomic mass is 31.2. The van der Waals surface area contributed by atoms with Gasteiger partial charge in [-0.15, -0.1) is 0 Å². The number of carbonyl (C=O) groups is 1. The SMILES string of the molecule is CCC(CC)(c1ccc(Nc2ncc(C(F)(F)F)c(Nc3ccc(-c4cnn([C@H]5CC[C@H](O)CC5)c4)cc3C(=O)NC)n2)cc1)P(=O)(O)O. The summed E-state index contributed by atoms with van der Waals surface area (Å²) in [6.07, 6.45) is 2.35. The normalized spacial score (nSPS) is 17.1. The Labute approximate surface area is 281 Å². The van der Waals surface area contributed by atoms with Crippen LogP contribution in [-0.4, -0.2) is 53.7 Å². The van der Waals surface area contributed by atoms with Crippen LogP contribution in [0.15, 0.2) is 61.1 Å². The van der Waals surface area contributed by atoms with Crippen molar-refractivity contribution in [2.75, 3.05) is 17.7 Å². The van der Waals surface area contributed by atoms with Crippen LogP contribution in [0.25, 0.3) is 11.1 Å². The van der Waals surface area contributed by atoms with E-state index in [1.165, 1.54) is 13.1 Å². The van der Waals surface area contributed by atoms with Gasteiger partial charge in [0.2, 0.25) is 5.95 Å². The van der Waals surface area contributed by atoms with Crippen molar-refractivity contribution in [1.82, 2.24) is 25.1 Å². The number of amides is 1. The molecule has 2 aromatic carbocycles. The Hall–Kier alpha value is -4.30. The van der Waals surface area contributed by atoms with Crippen molar-refractivity contribution in [3.8, 4) is 11.1 Å². The molecule has 262 valence electrons. The highest BCUT2D eigenvalue weighted by Gasteiger charge is 2.45. The summed E-state index contributed by atoms with van der Waals surface area (Å²) < 4.78 is 56.5. The maximum atomic E-state index is 14.1. The van der Waals surface area contributed by atoms with Crippen LogP contribution in [0.2, 0.25) is 0 Å². The summed E-state index contributed by atoms with van der Waals surface area (Å²) in [6.45, 7) is 3.39. The van der Waals surface area contributed by atoms with Crippen LogP contribution in [0.3, 0.4) is 0 Å². The average molecular weight is 702 g/mol. The van der Waals surface area contributed by atoms with Gasteiger partial charge in [-0.1, -0.05) is 32.0 Å². The highest BCUT2D eigenvalue weighted by Crippen LogP contribution is 2.61. The number of hydrogen-bond acceptors (Lipinski definition) is 8. The predicted molar refractivity (Wildman–Crippen MR) is 179 cm³/mol. The molecule has 1 fully saturated rings. The largest absolute Gasteiger partial charge is 0.421 e. The number of hydrogen-bond donors (Lipinski definition) is 6. The summed E-state index contributed by atoms with van der Waals surface area (Å²) in [5.74, 6) is -1.31. The predicted octanol–water partition coefficient (Wildman–Crippen LogP) is 6.87. The maximum absolute atomic E-state index is 14.1. The summed E-state index contributed by atoms with van der Waals surface area (Å²) in [5.41, 5.74) is 1.14. The number of nitrogens with one attached hydrogen (secondary N) is 3. The van der Waals surface area contributed by atoms with E-state index in [1.54, 1.807) is 56.4 Å². The zero-order valence-corrected chi connectivity index (χ0v) is 28.1. The van der Waals surface area contributed by atoms with Crippen molar-refractivity contribution in [2.24, 2.45) is 0 Å². The van der Waals surface area contributed by atoms with E-state index in [2.05, 4.69) is 31.0 Å². The second-order valence-corrected chi connectivity index (χ2v) is 14.0. The standard InChI is InChI=1S/C33H39F3N7O5P/c1-4-32(5-2,49(46,47)48)22-7-9-23(10-8-22)40-31-38-18-27(33(34,35)36)29(42-31)41-28-15-6-20(16-26(28)30(45)37-3)21-17-39-43(19-21)24-11-13-25(44)14-12-24/h6-10,15-19,24-25,44H,4-5,11-14H2,1-3H3,(H,37,45)(H2,46,47,48)(H2,38,40,41,42)/t24-,25-. The summed E-state index contributed by atoms with van der Waals surface area (Å²) in [4.78, 5) is 41.1. The van der Waals surface area contributed by atoms with Gasteiger partial charge >= 0.3 is 13.8 Å². The topological polar surface area (TPSA) is 175 Å². The Balaban J connectivity index is 1.44. The second kappa shape index (κ2) is 14.3. The molecule has 49 heavy (non-hydrogen) atoms. The highest BCUT2D eigenvalue weighted by molar-refractivity contribution is 7.53. The molecule has 4 aromatic rings.